The van der Waals surface area contributed by atoms with Gasteiger partial charge in [-0.1, -0.05) is 6.58 Å². The summed E-state index contributed by atoms with van der Waals surface area (Å²) in [6.45, 7) is 5.54. The Labute approximate surface area is 98.2 Å². The smallest absolute Gasteiger partial charge is 0.478 e. The molecule has 0 N–H and O–H groups in total. The van der Waals surface area contributed by atoms with Gasteiger partial charge >= 0.3 is 15.5 Å². The van der Waals surface area contributed by atoms with Crippen molar-refractivity contribution in [2.24, 2.45) is 0 Å². The summed E-state index contributed by atoms with van der Waals surface area (Å²) >= 11 is 0. The van der Waals surface area contributed by atoms with Crippen LogP contribution >= 0.6 is 0 Å². The second-order valence-electron chi connectivity index (χ2n) is 3.32. The van der Waals surface area contributed by atoms with Crippen LogP contribution in [0.25, 0.3) is 0 Å². The second-order valence-corrected chi connectivity index (χ2v) is 5.28. The predicted octanol–water partition coefficient (Wildman–Crippen LogP) is 1.77. The van der Waals surface area contributed by atoms with E-state index in [2.05, 4.69) is 15.4 Å². The van der Waals surface area contributed by atoms with Crippen molar-refractivity contribution < 1.29 is 31.6 Å². The highest BCUT2D eigenvalue weighted by Gasteiger charge is 2.31. The van der Waals surface area contributed by atoms with Crippen molar-refractivity contribution in [3.8, 4) is 0 Å². The van der Waals surface area contributed by atoms with Gasteiger partial charge in [0.05, 0.1) is 0 Å². The molecule has 0 aliphatic heterocycles. The summed E-state index contributed by atoms with van der Waals surface area (Å²) in [5.74, 6) is -1.42. The minimum absolute atomic E-state index is 0.0210. The third-order valence-corrected chi connectivity index (χ3v) is 3.66. The zero-order chi connectivity index (χ0) is 13.6. The van der Waals surface area contributed by atoms with E-state index in [-0.39, 0.29) is 5.20 Å². The molecule has 0 spiro atoms. The Balaban J connectivity index is 4.42. The maximum absolute atomic E-state index is 12.0. The summed E-state index contributed by atoms with van der Waals surface area (Å²) in [5.41, 5.74) is 0. The zero-order valence-corrected chi connectivity index (χ0v) is 10.6. The molecular weight excluding hydrogens is 257 g/mol. The molecule has 0 fully saturated rings. The average molecular weight is 270 g/mol. The highest BCUT2D eigenvalue weighted by Crippen LogP contribution is 2.24. The van der Waals surface area contributed by atoms with E-state index < -0.39 is 40.2 Å². The molecule has 0 aliphatic carbocycles. The van der Waals surface area contributed by atoms with Crippen molar-refractivity contribution in [1.82, 2.24) is 0 Å². The van der Waals surface area contributed by atoms with Crippen molar-refractivity contribution >= 4 is 21.2 Å². The SMILES string of the molecule is C=C(CCC(F)(F)F)[SiH](OC(C)=O)OC(C)=O. The molecule has 98 valence electrons. The van der Waals surface area contributed by atoms with Gasteiger partial charge in [-0.2, -0.15) is 13.2 Å². The van der Waals surface area contributed by atoms with Gasteiger partial charge in [-0.3, -0.25) is 9.59 Å². The molecule has 0 aromatic carbocycles. The third-order valence-electron chi connectivity index (χ3n) is 1.61. The Bertz CT molecular complexity index is 298. The molecule has 0 unspecified atom stereocenters. The van der Waals surface area contributed by atoms with Crippen molar-refractivity contribution in [2.75, 3.05) is 0 Å². The van der Waals surface area contributed by atoms with Crippen LogP contribution in [0.4, 0.5) is 13.2 Å². The standard InChI is InChI=1S/C9H13F3O4Si/c1-6(4-5-9(10,11)12)17(15-7(2)13)16-8(3)14/h17H,1,4-5H2,2-3H3. The predicted molar refractivity (Wildman–Crippen MR) is 55.1 cm³/mol. The first-order valence-electron chi connectivity index (χ1n) is 4.70. The minimum atomic E-state index is -4.33. The third kappa shape index (κ3) is 8.49. The number of rotatable bonds is 5. The Kier molecular flexibility index (Phi) is 5.93. The molecule has 0 aromatic heterocycles. The lowest BCUT2D eigenvalue weighted by Crippen LogP contribution is -2.30. The normalized spacial score (nSPS) is 11.2. The van der Waals surface area contributed by atoms with Gasteiger partial charge < -0.3 is 8.85 Å². The quantitative estimate of drug-likeness (QED) is 0.714. The highest BCUT2D eigenvalue weighted by molar-refractivity contribution is 6.57. The summed E-state index contributed by atoms with van der Waals surface area (Å²) < 4.78 is 45.2. The van der Waals surface area contributed by atoms with Crippen molar-refractivity contribution in [2.45, 2.75) is 32.9 Å². The molecule has 4 nitrogen and oxygen atoms in total. The van der Waals surface area contributed by atoms with E-state index in [1.54, 1.807) is 0 Å². The van der Waals surface area contributed by atoms with Crippen LogP contribution < -0.4 is 0 Å². The molecule has 0 amide bonds. The van der Waals surface area contributed by atoms with Crippen LogP contribution in [0.15, 0.2) is 11.8 Å². The number of carbonyl (C=O) groups excluding carboxylic acids is 2. The van der Waals surface area contributed by atoms with E-state index in [0.29, 0.717) is 0 Å². The molecule has 0 atom stereocenters. The maximum Gasteiger partial charge on any atom is 0.478 e. The van der Waals surface area contributed by atoms with Crippen molar-refractivity contribution in [3.05, 3.63) is 11.8 Å². The lowest BCUT2D eigenvalue weighted by atomic mass is 10.3. The van der Waals surface area contributed by atoms with Gasteiger partial charge in [-0.15, -0.1) is 0 Å². The fourth-order valence-corrected chi connectivity index (χ4v) is 2.28. The lowest BCUT2D eigenvalue weighted by molar-refractivity contribution is -0.137. The first-order valence-corrected chi connectivity index (χ1v) is 6.22. The number of halogens is 3. The second kappa shape index (κ2) is 6.43. The highest BCUT2D eigenvalue weighted by atomic mass is 28.3. The first-order chi connectivity index (χ1) is 7.61. The van der Waals surface area contributed by atoms with Crippen LogP contribution in [-0.4, -0.2) is 27.4 Å². The monoisotopic (exact) mass is 270 g/mol. The van der Waals surface area contributed by atoms with Crippen LogP contribution in [0.1, 0.15) is 26.7 Å². The fraction of sp³-hybridized carbons (Fsp3) is 0.556. The Morgan fingerprint density at radius 3 is 1.88 bits per heavy atom. The van der Waals surface area contributed by atoms with Gasteiger partial charge in [0.15, 0.2) is 0 Å². The molecule has 17 heavy (non-hydrogen) atoms. The summed E-state index contributed by atoms with van der Waals surface area (Å²) in [5, 5.41) is 0.0210. The van der Waals surface area contributed by atoms with Crippen molar-refractivity contribution in [1.29, 1.82) is 0 Å². The van der Waals surface area contributed by atoms with Crippen LogP contribution in [0, 0.1) is 0 Å². The van der Waals surface area contributed by atoms with Gasteiger partial charge in [0.1, 0.15) is 0 Å². The molecule has 0 bridgehead atoms. The molecular formula is C9H13F3O4Si. The van der Waals surface area contributed by atoms with Gasteiger partial charge in [-0.05, 0) is 11.6 Å². The van der Waals surface area contributed by atoms with E-state index >= 15 is 0 Å². The van der Waals surface area contributed by atoms with Gasteiger partial charge in [0.25, 0.3) is 11.9 Å². The van der Waals surface area contributed by atoms with Crippen LogP contribution in [0.2, 0.25) is 0 Å². The topological polar surface area (TPSA) is 52.6 Å². The number of hydrogen-bond acceptors (Lipinski definition) is 4. The Morgan fingerprint density at radius 2 is 1.59 bits per heavy atom. The minimum Gasteiger partial charge on any atom is -0.484 e. The van der Waals surface area contributed by atoms with E-state index in [1.165, 1.54) is 0 Å². The van der Waals surface area contributed by atoms with Gasteiger partial charge in [0.2, 0.25) is 0 Å². The molecule has 0 radical (unpaired) electrons. The van der Waals surface area contributed by atoms with E-state index in [4.69, 9.17) is 0 Å². The number of hydrogen-bond donors (Lipinski definition) is 0. The summed E-state index contributed by atoms with van der Waals surface area (Å²) in [4.78, 5) is 21.4. The number of allylic oxidation sites excluding steroid dienone is 1. The Morgan fingerprint density at radius 1 is 1.18 bits per heavy atom. The van der Waals surface area contributed by atoms with Crippen LogP contribution in [0.5, 0.6) is 0 Å². The molecule has 0 aromatic rings. The van der Waals surface area contributed by atoms with Gasteiger partial charge in [-0.25, -0.2) is 0 Å². The van der Waals surface area contributed by atoms with E-state index in [0.717, 1.165) is 13.8 Å². The summed E-state index contributed by atoms with van der Waals surface area (Å²) in [6, 6.07) is 0. The van der Waals surface area contributed by atoms with Crippen molar-refractivity contribution in [3.63, 3.8) is 0 Å². The Hall–Kier alpha value is -1.31. The molecule has 0 saturated carbocycles. The molecule has 8 heteroatoms. The maximum atomic E-state index is 12.0. The summed E-state index contributed by atoms with van der Waals surface area (Å²) in [6.07, 6.45) is -5.83. The summed E-state index contributed by atoms with van der Waals surface area (Å²) in [7, 11) is -2.93. The van der Waals surface area contributed by atoms with Crippen LogP contribution in [0.3, 0.4) is 0 Å². The lowest BCUT2D eigenvalue weighted by Gasteiger charge is -2.17. The molecule has 0 saturated heterocycles. The first kappa shape index (κ1) is 15.7. The molecule has 0 heterocycles. The zero-order valence-electron chi connectivity index (χ0n) is 9.47. The number of alkyl halides is 3. The number of carbonyl (C=O) groups is 2. The van der Waals surface area contributed by atoms with E-state index in [9.17, 15) is 22.8 Å². The largest absolute Gasteiger partial charge is 0.484 e. The molecule has 0 aliphatic rings. The molecule has 0 rings (SSSR count). The van der Waals surface area contributed by atoms with E-state index in [1.807, 2.05) is 0 Å². The fourth-order valence-electron chi connectivity index (χ4n) is 0.912. The average Bonchev–Trinajstić information content (AvgIpc) is 2.10. The van der Waals surface area contributed by atoms with Gasteiger partial charge in [0, 0.05) is 20.3 Å². The van der Waals surface area contributed by atoms with Crippen LogP contribution in [-0.2, 0) is 18.4 Å².